The minimum atomic E-state index is -4.20. The first-order valence-corrected chi connectivity index (χ1v) is 6.47. The first-order valence-electron chi connectivity index (χ1n) is 6.47. The first-order chi connectivity index (χ1) is 8.81. The molecule has 0 radical (unpaired) electrons. The number of aryl methyl sites for hydroxylation is 1. The molecule has 0 saturated heterocycles. The fourth-order valence-corrected chi connectivity index (χ4v) is 2.47. The van der Waals surface area contributed by atoms with Crippen LogP contribution in [0, 0.1) is 0 Å². The lowest BCUT2D eigenvalue weighted by atomic mass is 9.72. The van der Waals surface area contributed by atoms with E-state index in [0.717, 1.165) is 25.7 Å². The number of aromatic nitrogens is 2. The van der Waals surface area contributed by atoms with Gasteiger partial charge in [0, 0.05) is 12.5 Å². The van der Waals surface area contributed by atoms with E-state index >= 15 is 0 Å². The Morgan fingerprint density at radius 2 is 2.16 bits per heavy atom. The Morgan fingerprint density at radius 3 is 2.79 bits per heavy atom. The summed E-state index contributed by atoms with van der Waals surface area (Å²) in [6.45, 7) is 1.94. The predicted octanol–water partition coefficient (Wildman–Crippen LogP) is 2.72. The molecule has 7 heteroatoms. The van der Waals surface area contributed by atoms with Gasteiger partial charge in [-0.3, -0.25) is 0 Å². The maximum Gasteiger partial charge on any atom is 0.389 e. The molecule has 1 aliphatic rings. The van der Waals surface area contributed by atoms with Crippen LogP contribution in [0.15, 0.2) is 4.52 Å². The van der Waals surface area contributed by atoms with Crippen LogP contribution >= 0.6 is 0 Å². The van der Waals surface area contributed by atoms with Gasteiger partial charge in [0.1, 0.15) is 0 Å². The van der Waals surface area contributed by atoms with Crippen molar-refractivity contribution in [1.29, 1.82) is 0 Å². The summed E-state index contributed by atoms with van der Waals surface area (Å²) in [5, 5.41) is 3.63. The number of nitrogens with zero attached hydrogens (tertiary/aromatic N) is 2. The molecule has 4 nitrogen and oxygen atoms in total. The van der Waals surface area contributed by atoms with E-state index in [2.05, 4.69) is 10.1 Å². The molecule has 0 bridgehead atoms. The van der Waals surface area contributed by atoms with Crippen molar-refractivity contribution >= 4 is 0 Å². The van der Waals surface area contributed by atoms with E-state index in [1.54, 1.807) is 0 Å². The summed E-state index contributed by atoms with van der Waals surface area (Å²) in [4.78, 5) is 4.10. The summed E-state index contributed by atoms with van der Waals surface area (Å²) >= 11 is 0. The highest BCUT2D eigenvalue weighted by Gasteiger charge is 2.41. The largest absolute Gasteiger partial charge is 0.389 e. The molecule has 108 valence electrons. The quantitative estimate of drug-likeness (QED) is 0.922. The molecule has 0 aliphatic heterocycles. The fraction of sp³-hybridized carbons (Fsp3) is 0.833. The van der Waals surface area contributed by atoms with Crippen molar-refractivity contribution in [2.45, 2.75) is 63.1 Å². The number of hydrogen-bond acceptors (Lipinski definition) is 4. The molecule has 1 aromatic heterocycles. The van der Waals surface area contributed by atoms with Gasteiger partial charge < -0.3 is 10.3 Å². The lowest BCUT2D eigenvalue weighted by Gasteiger charge is -2.35. The lowest BCUT2D eigenvalue weighted by Crippen LogP contribution is -2.45. The highest BCUT2D eigenvalue weighted by atomic mass is 19.4. The van der Waals surface area contributed by atoms with Crippen molar-refractivity contribution in [2.24, 2.45) is 5.73 Å². The number of rotatable bonds is 3. The van der Waals surface area contributed by atoms with Crippen LogP contribution in [-0.2, 0) is 11.8 Å². The van der Waals surface area contributed by atoms with Gasteiger partial charge in [0.25, 0.3) is 0 Å². The van der Waals surface area contributed by atoms with E-state index in [0.29, 0.717) is 5.89 Å². The molecular weight excluding hydrogens is 259 g/mol. The molecule has 0 aromatic carbocycles. The predicted molar refractivity (Wildman–Crippen MR) is 62.5 cm³/mol. The normalized spacial score (nSPS) is 28.6. The molecule has 2 unspecified atom stereocenters. The topological polar surface area (TPSA) is 64.9 Å². The number of nitrogens with two attached hydrogens (primary N) is 1. The van der Waals surface area contributed by atoms with E-state index in [4.69, 9.17) is 10.3 Å². The Kier molecular flexibility index (Phi) is 3.85. The second-order valence-corrected chi connectivity index (χ2v) is 5.40. The SMILES string of the molecule is CC1(c2nc(CCC(F)(F)F)no2)CCCCC1N. The molecule has 0 amide bonds. The highest BCUT2D eigenvalue weighted by molar-refractivity contribution is 5.10. The monoisotopic (exact) mass is 277 g/mol. The Balaban J connectivity index is 2.07. The molecule has 2 rings (SSSR count). The van der Waals surface area contributed by atoms with Crippen molar-refractivity contribution in [3.63, 3.8) is 0 Å². The second-order valence-electron chi connectivity index (χ2n) is 5.40. The molecule has 1 saturated carbocycles. The maximum absolute atomic E-state index is 12.1. The van der Waals surface area contributed by atoms with Gasteiger partial charge in [-0.05, 0) is 19.8 Å². The molecular formula is C12H18F3N3O. The van der Waals surface area contributed by atoms with Gasteiger partial charge in [0.2, 0.25) is 5.89 Å². The van der Waals surface area contributed by atoms with E-state index in [9.17, 15) is 13.2 Å². The average Bonchev–Trinajstić information content (AvgIpc) is 2.79. The summed E-state index contributed by atoms with van der Waals surface area (Å²) in [5.74, 6) is 0.475. The molecule has 0 spiro atoms. The van der Waals surface area contributed by atoms with Gasteiger partial charge in [0.05, 0.1) is 11.8 Å². The van der Waals surface area contributed by atoms with Crippen LogP contribution in [0.5, 0.6) is 0 Å². The van der Waals surface area contributed by atoms with Crippen LogP contribution in [0.3, 0.4) is 0 Å². The molecule has 1 fully saturated rings. The third-order valence-corrected chi connectivity index (χ3v) is 3.87. The van der Waals surface area contributed by atoms with Crippen LogP contribution in [-0.4, -0.2) is 22.4 Å². The molecule has 19 heavy (non-hydrogen) atoms. The standard InChI is InChI=1S/C12H18F3N3O/c1-11(6-3-2-4-8(11)16)10-17-9(18-19-10)5-7-12(13,14)15/h8H,2-7,16H2,1H3. The van der Waals surface area contributed by atoms with E-state index in [-0.39, 0.29) is 18.3 Å². The van der Waals surface area contributed by atoms with Crippen LogP contribution in [0.4, 0.5) is 13.2 Å². The number of halogens is 3. The number of alkyl halides is 3. The summed E-state index contributed by atoms with van der Waals surface area (Å²) < 4.78 is 41.5. The van der Waals surface area contributed by atoms with E-state index in [1.807, 2.05) is 6.92 Å². The van der Waals surface area contributed by atoms with Crippen molar-refractivity contribution in [3.05, 3.63) is 11.7 Å². The second kappa shape index (κ2) is 5.11. The van der Waals surface area contributed by atoms with Crippen LogP contribution < -0.4 is 5.73 Å². The van der Waals surface area contributed by atoms with Crippen LogP contribution in [0.1, 0.15) is 50.7 Å². The molecule has 1 aliphatic carbocycles. The first kappa shape index (κ1) is 14.3. The Hall–Kier alpha value is -1.11. The van der Waals surface area contributed by atoms with E-state index in [1.165, 1.54) is 0 Å². The van der Waals surface area contributed by atoms with Gasteiger partial charge in [0.15, 0.2) is 5.82 Å². The van der Waals surface area contributed by atoms with Crippen molar-refractivity contribution in [3.8, 4) is 0 Å². The fourth-order valence-electron chi connectivity index (χ4n) is 2.47. The molecule has 1 heterocycles. The van der Waals surface area contributed by atoms with Crippen molar-refractivity contribution < 1.29 is 17.7 Å². The maximum atomic E-state index is 12.1. The van der Waals surface area contributed by atoms with E-state index < -0.39 is 18.0 Å². The Bertz CT molecular complexity index is 432. The van der Waals surface area contributed by atoms with Crippen LogP contribution in [0.2, 0.25) is 0 Å². The molecule has 2 atom stereocenters. The zero-order valence-electron chi connectivity index (χ0n) is 10.8. The highest BCUT2D eigenvalue weighted by Crippen LogP contribution is 2.37. The summed E-state index contributed by atoms with van der Waals surface area (Å²) in [5.41, 5.74) is 5.68. The molecule has 1 aromatic rings. The minimum Gasteiger partial charge on any atom is -0.339 e. The lowest BCUT2D eigenvalue weighted by molar-refractivity contribution is -0.134. The smallest absolute Gasteiger partial charge is 0.339 e. The van der Waals surface area contributed by atoms with Gasteiger partial charge in [-0.2, -0.15) is 18.2 Å². The Morgan fingerprint density at radius 1 is 1.42 bits per heavy atom. The van der Waals surface area contributed by atoms with Gasteiger partial charge in [-0.1, -0.05) is 18.0 Å². The molecule has 2 N–H and O–H groups in total. The Labute approximate surface area is 109 Å². The third-order valence-electron chi connectivity index (χ3n) is 3.87. The third kappa shape index (κ3) is 3.26. The van der Waals surface area contributed by atoms with Crippen molar-refractivity contribution in [1.82, 2.24) is 10.1 Å². The summed E-state index contributed by atoms with van der Waals surface area (Å²) in [6, 6.07) is -0.0860. The summed E-state index contributed by atoms with van der Waals surface area (Å²) in [7, 11) is 0. The minimum absolute atomic E-state index is 0.0860. The van der Waals surface area contributed by atoms with Gasteiger partial charge in [-0.25, -0.2) is 0 Å². The summed E-state index contributed by atoms with van der Waals surface area (Å²) in [6.07, 6.45) is -1.61. The zero-order chi connectivity index (χ0) is 14.1. The number of hydrogen-bond donors (Lipinski definition) is 1. The average molecular weight is 277 g/mol. The van der Waals surface area contributed by atoms with Gasteiger partial charge in [-0.15, -0.1) is 0 Å². The van der Waals surface area contributed by atoms with Gasteiger partial charge >= 0.3 is 6.18 Å². The zero-order valence-corrected chi connectivity index (χ0v) is 10.8. The van der Waals surface area contributed by atoms with Crippen molar-refractivity contribution in [2.75, 3.05) is 0 Å². The van der Waals surface area contributed by atoms with Crippen LogP contribution in [0.25, 0.3) is 0 Å².